The summed E-state index contributed by atoms with van der Waals surface area (Å²) in [6.45, 7) is 1.11. The molecule has 0 radical (unpaired) electrons. The summed E-state index contributed by atoms with van der Waals surface area (Å²) in [5.74, 6) is -0.162. The lowest BCUT2D eigenvalue weighted by Gasteiger charge is -2.32. The lowest BCUT2D eigenvalue weighted by molar-refractivity contribution is -0.143. The van der Waals surface area contributed by atoms with Gasteiger partial charge in [-0.3, -0.25) is 9.59 Å². The summed E-state index contributed by atoms with van der Waals surface area (Å²) >= 11 is 6.20. The number of carbonyl (C=O) groups excluding carboxylic acids is 2. The van der Waals surface area contributed by atoms with Crippen molar-refractivity contribution in [2.45, 2.75) is 31.5 Å². The fraction of sp³-hybridized carbons (Fsp3) is 0.286. The van der Waals surface area contributed by atoms with Crippen LogP contribution in [0.15, 0.2) is 84.9 Å². The van der Waals surface area contributed by atoms with Crippen LogP contribution in [0.25, 0.3) is 0 Å². The monoisotopic (exact) mass is 492 g/mol. The molecule has 1 saturated heterocycles. The number of amides is 2. The highest BCUT2D eigenvalue weighted by molar-refractivity contribution is 6.32. The molecule has 1 aliphatic heterocycles. The average molecular weight is 493 g/mol. The van der Waals surface area contributed by atoms with E-state index < -0.39 is 6.04 Å². The molecule has 6 nitrogen and oxygen atoms in total. The highest BCUT2D eigenvalue weighted by atomic mass is 35.5. The van der Waals surface area contributed by atoms with Gasteiger partial charge >= 0.3 is 0 Å². The second-order valence-corrected chi connectivity index (χ2v) is 8.83. The minimum absolute atomic E-state index is 0.00259. The zero-order chi connectivity index (χ0) is 24.5. The zero-order valence-corrected chi connectivity index (χ0v) is 20.2. The van der Waals surface area contributed by atoms with E-state index in [1.165, 1.54) is 0 Å². The van der Waals surface area contributed by atoms with Crippen LogP contribution >= 0.6 is 11.6 Å². The van der Waals surface area contributed by atoms with Gasteiger partial charge in [-0.2, -0.15) is 0 Å². The Balaban J connectivity index is 1.60. The van der Waals surface area contributed by atoms with Gasteiger partial charge < -0.3 is 19.7 Å². The minimum atomic E-state index is -0.833. The molecule has 0 saturated carbocycles. The maximum absolute atomic E-state index is 13.6. The first-order chi connectivity index (χ1) is 17.1. The van der Waals surface area contributed by atoms with Crippen LogP contribution in [0, 0.1) is 0 Å². The Kier molecular flexibility index (Phi) is 8.76. The third-order valence-corrected chi connectivity index (χ3v) is 6.22. The van der Waals surface area contributed by atoms with Crippen LogP contribution in [0.1, 0.15) is 30.0 Å². The van der Waals surface area contributed by atoms with Crippen molar-refractivity contribution in [3.8, 4) is 5.75 Å². The van der Waals surface area contributed by atoms with Gasteiger partial charge in [0.2, 0.25) is 5.91 Å². The fourth-order valence-electron chi connectivity index (χ4n) is 4.11. The molecule has 0 bridgehead atoms. The van der Waals surface area contributed by atoms with Crippen molar-refractivity contribution in [3.05, 3.63) is 101 Å². The molecule has 0 spiro atoms. The van der Waals surface area contributed by atoms with Crippen molar-refractivity contribution in [1.82, 2.24) is 10.2 Å². The van der Waals surface area contributed by atoms with Crippen molar-refractivity contribution in [2.24, 2.45) is 0 Å². The van der Waals surface area contributed by atoms with Gasteiger partial charge in [-0.1, -0.05) is 84.4 Å². The number of carbonyl (C=O) groups is 2. The van der Waals surface area contributed by atoms with Gasteiger partial charge in [-0.15, -0.1) is 0 Å². The van der Waals surface area contributed by atoms with Gasteiger partial charge in [0.25, 0.3) is 5.91 Å². The molecular formula is C28H29ClN2O4. The number of hydrogen-bond acceptors (Lipinski definition) is 4. The largest absolute Gasteiger partial charge is 0.482 e. The number of benzene rings is 3. The van der Waals surface area contributed by atoms with E-state index in [0.29, 0.717) is 23.9 Å². The first kappa shape index (κ1) is 24.8. The molecular weight excluding hydrogens is 464 g/mol. The standard InChI is InChI=1S/C28H29ClN2O4/c29-24-15-7-8-16-25(24)35-20-26(32)31(19-21-10-3-1-4-11-21)27(22-12-5-2-6-13-22)28(33)30-18-23-14-9-17-34-23/h1-8,10-13,15-16,23,27H,9,14,17-20H2,(H,30,33)/t23-,27+/m1/s1. The van der Waals surface area contributed by atoms with E-state index in [9.17, 15) is 9.59 Å². The van der Waals surface area contributed by atoms with Gasteiger partial charge in [-0.25, -0.2) is 0 Å². The Labute approximate surface area is 210 Å². The summed E-state index contributed by atoms with van der Waals surface area (Å²) in [6, 6.07) is 25.1. The van der Waals surface area contributed by atoms with Crippen molar-refractivity contribution in [3.63, 3.8) is 0 Å². The maximum atomic E-state index is 13.6. The number of nitrogens with one attached hydrogen (secondary N) is 1. The third kappa shape index (κ3) is 6.84. The van der Waals surface area contributed by atoms with Crippen LogP contribution in [0.3, 0.4) is 0 Å². The zero-order valence-electron chi connectivity index (χ0n) is 19.4. The van der Waals surface area contributed by atoms with Crippen LogP contribution in [-0.4, -0.2) is 42.6 Å². The molecule has 2 atom stereocenters. The van der Waals surface area contributed by atoms with Gasteiger partial charge in [0, 0.05) is 19.7 Å². The predicted molar refractivity (Wildman–Crippen MR) is 135 cm³/mol. The molecule has 1 N–H and O–H groups in total. The molecule has 1 aliphatic rings. The molecule has 0 unspecified atom stereocenters. The number of hydrogen-bond donors (Lipinski definition) is 1. The maximum Gasteiger partial charge on any atom is 0.261 e. The number of para-hydroxylation sites is 1. The summed E-state index contributed by atoms with van der Waals surface area (Å²) in [6.07, 6.45) is 1.90. The van der Waals surface area contributed by atoms with E-state index in [2.05, 4.69) is 5.32 Å². The van der Waals surface area contributed by atoms with E-state index in [4.69, 9.17) is 21.1 Å². The van der Waals surface area contributed by atoms with Crippen molar-refractivity contribution < 1.29 is 19.1 Å². The molecule has 1 heterocycles. The van der Waals surface area contributed by atoms with E-state index >= 15 is 0 Å². The van der Waals surface area contributed by atoms with Crippen molar-refractivity contribution in [2.75, 3.05) is 19.8 Å². The smallest absolute Gasteiger partial charge is 0.261 e. The number of ether oxygens (including phenoxy) is 2. The quantitative estimate of drug-likeness (QED) is 0.442. The Morgan fingerprint density at radius 3 is 2.37 bits per heavy atom. The summed E-state index contributed by atoms with van der Waals surface area (Å²) in [5.41, 5.74) is 1.63. The van der Waals surface area contributed by atoms with Gasteiger partial charge in [0.15, 0.2) is 6.61 Å². The number of nitrogens with zero attached hydrogens (tertiary/aromatic N) is 1. The lowest BCUT2D eigenvalue weighted by atomic mass is 10.0. The second kappa shape index (κ2) is 12.4. The average Bonchev–Trinajstić information content (AvgIpc) is 3.41. The molecule has 0 aromatic heterocycles. The summed E-state index contributed by atoms with van der Waals surface area (Å²) < 4.78 is 11.4. The van der Waals surface area contributed by atoms with E-state index in [1.54, 1.807) is 29.2 Å². The Morgan fingerprint density at radius 2 is 1.69 bits per heavy atom. The molecule has 3 aromatic carbocycles. The van der Waals surface area contributed by atoms with Gasteiger partial charge in [-0.05, 0) is 36.1 Å². The number of halogens is 1. The first-order valence-electron chi connectivity index (χ1n) is 11.8. The van der Waals surface area contributed by atoms with Crippen molar-refractivity contribution in [1.29, 1.82) is 0 Å². The van der Waals surface area contributed by atoms with Crippen LogP contribution in [0.5, 0.6) is 5.75 Å². The van der Waals surface area contributed by atoms with E-state index in [0.717, 1.165) is 24.0 Å². The molecule has 1 fully saturated rings. The topological polar surface area (TPSA) is 67.9 Å². The normalized spacial score (nSPS) is 15.9. The molecule has 182 valence electrons. The summed E-state index contributed by atoms with van der Waals surface area (Å²) in [4.78, 5) is 28.7. The highest BCUT2D eigenvalue weighted by Crippen LogP contribution is 2.26. The molecule has 2 amide bonds. The van der Waals surface area contributed by atoms with Gasteiger partial charge in [0.1, 0.15) is 11.8 Å². The summed E-state index contributed by atoms with van der Waals surface area (Å²) in [7, 11) is 0. The molecule has 35 heavy (non-hydrogen) atoms. The lowest BCUT2D eigenvalue weighted by Crippen LogP contribution is -2.46. The molecule has 4 rings (SSSR count). The number of rotatable bonds is 10. The van der Waals surface area contributed by atoms with Gasteiger partial charge in [0.05, 0.1) is 11.1 Å². The third-order valence-electron chi connectivity index (χ3n) is 5.91. The fourth-order valence-corrected chi connectivity index (χ4v) is 4.30. The SMILES string of the molecule is O=C(NC[C@H]1CCCO1)[C@H](c1ccccc1)N(Cc1ccccc1)C(=O)COc1ccccc1Cl. The second-order valence-electron chi connectivity index (χ2n) is 8.42. The molecule has 7 heteroatoms. The Morgan fingerprint density at radius 1 is 1.00 bits per heavy atom. The first-order valence-corrected chi connectivity index (χ1v) is 12.1. The molecule has 0 aliphatic carbocycles. The Hall–Kier alpha value is -3.35. The predicted octanol–water partition coefficient (Wildman–Crippen LogP) is 4.78. The molecule has 3 aromatic rings. The van der Waals surface area contributed by atoms with E-state index in [1.807, 2.05) is 60.7 Å². The van der Waals surface area contributed by atoms with Crippen LogP contribution < -0.4 is 10.1 Å². The van der Waals surface area contributed by atoms with Crippen LogP contribution in [0.4, 0.5) is 0 Å². The Bertz CT molecular complexity index is 1100. The van der Waals surface area contributed by atoms with Crippen LogP contribution in [0.2, 0.25) is 5.02 Å². The minimum Gasteiger partial charge on any atom is -0.482 e. The highest BCUT2D eigenvalue weighted by Gasteiger charge is 2.32. The summed E-state index contributed by atoms with van der Waals surface area (Å²) in [5, 5.41) is 3.43. The van der Waals surface area contributed by atoms with Crippen molar-refractivity contribution >= 4 is 23.4 Å². The van der Waals surface area contributed by atoms with Crippen LogP contribution in [-0.2, 0) is 20.9 Å². The van der Waals surface area contributed by atoms with E-state index in [-0.39, 0.29) is 31.1 Å².